The third-order valence-corrected chi connectivity index (χ3v) is 3.14. The second-order valence-electron chi connectivity index (χ2n) is 4.80. The first-order chi connectivity index (χ1) is 10.5. The lowest BCUT2D eigenvalue weighted by atomic mass is 9.99. The van der Waals surface area contributed by atoms with Crippen LogP contribution in [0.2, 0.25) is 0 Å². The number of carboxylic acid groups (broad SMARTS) is 1. The average Bonchev–Trinajstić information content (AvgIpc) is 2.50. The predicted octanol–water partition coefficient (Wildman–Crippen LogP) is 2.64. The van der Waals surface area contributed by atoms with E-state index in [0.717, 1.165) is 11.6 Å². The molecular formula is C17H13FO4. The number of halogens is 1. The van der Waals surface area contributed by atoms with Crippen LogP contribution in [-0.4, -0.2) is 22.6 Å². The van der Waals surface area contributed by atoms with Crippen molar-refractivity contribution in [3.63, 3.8) is 0 Å². The van der Waals surface area contributed by atoms with E-state index in [0.29, 0.717) is 12.0 Å². The van der Waals surface area contributed by atoms with E-state index in [1.54, 1.807) is 6.07 Å². The normalized spacial score (nSPS) is 10.2. The molecule has 0 aliphatic heterocycles. The first kappa shape index (κ1) is 15.6. The summed E-state index contributed by atoms with van der Waals surface area (Å²) in [5.41, 5.74) is 1.44. The minimum absolute atomic E-state index is 0.261. The highest BCUT2D eigenvalue weighted by molar-refractivity contribution is 6.37. The van der Waals surface area contributed by atoms with Gasteiger partial charge < -0.3 is 5.11 Å². The Balaban J connectivity index is 2.21. The third-order valence-electron chi connectivity index (χ3n) is 3.14. The lowest BCUT2D eigenvalue weighted by molar-refractivity contribution is -0.148. The fraction of sp³-hybridized carbons (Fsp3) is 0.118. The van der Waals surface area contributed by atoms with Crippen LogP contribution in [0.15, 0.2) is 48.5 Å². The smallest absolute Gasteiger partial charge is 0.372 e. The van der Waals surface area contributed by atoms with Crippen LogP contribution in [0.5, 0.6) is 0 Å². The van der Waals surface area contributed by atoms with Gasteiger partial charge >= 0.3 is 5.97 Å². The molecule has 0 aliphatic rings. The summed E-state index contributed by atoms with van der Waals surface area (Å²) in [7, 11) is 0. The van der Waals surface area contributed by atoms with E-state index in [1.165, 1.54) is 6.07 Å². The van der Waals surface area contributed by atoms with Crippen LogP contribution in [0.1, 0.15) is 27.9 Å². The number of aliphatic carboxylic acids is 1. The zero-order valence-corrected chi connectivity index (χ0v) is 11.6. The quantitative estimate of drug-likeness (QED) is 0.506. The van der Waals surface area contributed by atoms with Crippen LogP contribution in [0.3, 0.4) is 0 Å². The van der Waals surface area contributed by atoms with Gasteiger partial charge in [0.15, 0.2) is 5.78 Å². The van der Waals surface area contributed by atoms with Gasteiger partial charge in [0.25, 0.3) is 0 Å². The predicted molar refractivity (Wildman–Crippen MR) is 77.2 cm³/mol. The van der Waals surface area contributed by atoms with Crippen LogP contribution in [-0.2, 0) is 16.0 Å². The van der Waals surface area contributed by atoms with Crippen LogP contribution >= 0.6 is 0 Å². The zero-order valence-electron chi connectivity index (χ0n) is 11.6. The van der Waals surface area contributed by atoms with Crippen LogP contribution in [0.25, 0.3) is 0 Å². The SMILES string of the molecule is O=C(O)C(=O)CC(=O)c1cc(Cc2ccccc2)ccc1F. The summed E-state index contributed by atoms with van der Waals surface area (Å²) in [4.78, 5) is 33.4. The fourth-order valence-corrected chi connectivity index (χ4v) is 2.04. The number of carbonyl (C=O) groups excluding carboxylic acids is 2. The van der Waals surface area contributed by atoms with Gasteiger partial charge in [0.05, 0.1) is 12.0 Å². The van der Waals surface area contributed by atoms with Crippen molar-refractivity contribution < 1.29 is 23.9 Å². The highest BCUT2D eigenvalue weighted by Crippen LogP contribution is 2.16. The molecule has 2 rings (SSSR count). The molecule has 0 bridgehead atoms. The number of hydrogen-bond acceptors (Lipinski definition) is 3. The molecule has 2 aromatic carbocycles. The van der Waals surface area contributed by atoms with E-state index in [4.69, 9.17) is 5.11 Å². The zero-order chi connectivity index (χ0) is 16.1. The molecule has 4 nitrogen and oxygen atoms in total. The molecule has 0 saturated heterocycles. The van der Waals surface area contributed by atoms with Crippen molar-refractivity contribution in [3.05, 3.63) is 71.0 Å². The molecule has 1 N–H and O–H groups in total. The highest BCUT2D eigenvalue weighted by Gasteiger charge is 2.20. The number of carboxylic acids is 1. The topological polar surface area (TPSA) is 71.4 Å². The molecule has 112 valence electrons. The standard InChI is InChI=1S/C17H13FO4/c18-14-7-6-12(8-11-4-2-1-3-5-11)9-13(14)15(19)10-16(20)17(21)22/h1-7,9H,8,10H2,(H,21,22). The van der Waals surface area contributed by atoms with Gasteiger partial charge in [0.1, 0.15) is 5.82 Å². The molecule has 0 heterocycles. The van der Waals surface area contributed by atoms with Crippen LogP contribution in [0.4, 0.5) is 4.39 Å². The van der Waals surface area contributed by atoms with Gasteiger partial charge in [-0.3, -0.25) is 9.59 Å². The maximum Gasteiger partial charge on any atom is 0.372 e. The Labute approximate surface area is 126 Å². The summed E-state index contributed by atoms with van der Waals surface area (Å²) in [6, 6.07) is 13.5. The van der Waals surface area contributed by atoms with Gasteiger partial charge in [-0.1, -0.05) is 36.4 Å². The first-order valence-corrected chi connectivity index (χ1v) is 6.59. The van der Waals surface area contributed by atoms with Crippen molar-refractivity contribution >= 4 is 17.5 Å². The van der Waals surface area contributed by atoms with E-state index < -0.39 is 29.8 Å². The summed E-state index contributed by atoms with van der Waals surface area (Å²) in [5, 5.41) is 8.50. The lowest BCUT2D eigenvalue weighted by Crippen LogP contribution is -2.18. The van der Waals surface area contributed by atoms with E-state index >= 15 is 0 Å². The largest absolute Gasteiger partial charge is 0.475 e. The van der Waals surface area contributed by atoms with E-state index in [2.05, 4.69) is 0 Å². The molecule has 22 heavy (non-hydrogen) atoms. The Morgan fingerprint density at radius 3 is 2.27 bits per heavy atom. The first-order valence-electron chi connectivity index (χ1n) is 6.59. The van der Waals surface area contributed by atoms with Gasteiger partial charge in [0.2, 0.25) is 5.78 Å². The molecule has 2 aromatic rings. The summed E-state index contributed by atoms with van der Waals surface area (Å²) in [6.45, 7) is 0. The number of hydrogen-bond donors (Lipinski definition) is 1. The maximum atomic E-state index is 13.7. The van der Waals surface area contributed by atoms with Crippen LogP contribution < -0.4 is 0 Å². The molecule has 0 atom stereocenters. The fourth-order valence-electron chi connectivity index (χ4n) is 2.04. The van der Waals surface area contributed by atoms with Crippen molar-refractivity contribution in [3.8, 4) is 0 Å². The van der Waals surface area contributed by atoms with Crippen molar-refractivity contribution in [1.29, 1.82) is 0 Å². The van der Waals surface area contributed by atoms with E-state index in [-0.39, 0.29) is 5.56 Å². The molecule has 0 radical (unpaired) electrons. The van der Waals surface area contributed by atoms with Crippen molar-refractivity contribution in [2.24, 2.45) is 0 Å². The van der Waals surface area contributed by atoms with Crippen LogP contribution in [0, 0.1) is 5.82 Å². The Morgan fingerprint density at radius 2 is 1.64 bits per heavy atom. The Hall–Kier alpha value is -2.82. The number of benzene rings is 2. The summed E-state index contributed by atoms with van der Waals surface area (Å²) in [6.07, 6.45) is -0.338. The summed E-state index contributed by atoms with van der Waals surface area (Å²) >= 11 is 0. The lowest BCUT2D eigenvalue weighted by Gasteiger charge is -2.06. The Morgan fingerprint density at radius 1 is 0.955 bits per heavy atom. The third kappa shape index (κ3) is 3.85. The summed E-state index contributed by atoms with van der Waals surface area (Å²) < 4.78 is 13.7. The van der Waals surface area contributed by atoms with Gasteiger partial charge in [-0.05, 0) is 29.7 Å². The number of carbonyl (C=O) groups is 3. The number of ketones is 2. The molecule has 0 aliphatic carbocycles. The Bertz CT molecular complexity index is 723. The molecule has 0 fully saturated rings. The van der Waals surface area contributed by atoms with E-state index in [1.807, 2.05) is 30.3 Å². The molecule has 0 unspecified atom stereocenters. The van der Waals surface area contributed by atoms with Crippen molar-refractivity contribution in [2.75, 3.05) is 0 Å². The molecule has 5 heteroatoms. The van der Waals surface area contributed by atoms with Gasteiger partial charge in [0, 0.05) is 0 Å². The van der Waals surface area contributed by atoms with Crippen molar-refractivity contribution in [2.45, 2.75) is 12.8 Å². The molecule has 0 amide bonds. The Kier molecular flexibility index (Phi) is 4.78. The number of Topliss-reactive ketones (excluding diaryl/α,β-unsaturated/α-hetero) is 2. The summed E-state index contributed by atoms with van der Waals surface area (Å²) in [5.74, 6) is -4.55. The monoisotopic (exact) mass is 300 g/mol. The highest BCUT2D eigenvalue weighted by atomic mass is 19.1. The average molecular weight is 300 g/mol. The molecule has 0 aromatic heterocycles. The minimum Gasteiger partial charge on any atom is -0.475 e. The van der Waals surface area contributed by atoms with Gasteiger partial charge in [-0.2, -0.15) is 0 Å². The minimum atomic E-state index is -1.70. The van der Waals surface area contributed by atoms with Crippen molar-refractivity contribution in [1.82, 2.24) is 0 Å². The number of rotatable bonds is 6. The van der Waals surface area contributed by atoms with Gasteiger partial charge in [-0.25, -0.2) is 9.18 Å². The second kappa shape index (κ2) is 6.76. The molecular weight excluding hydrogens is 287 g/mol. The van der Waals surface area contributed by atoms with Gasteiger partial charge in [-0.15, -0.1) is 0 Å². The van der Waals surface area contributed by atoms with E-state index in [9.17, 15) is 18.8 Å². The molecule has 0 spiro atoms. The maximum absolute atomic E-state index is 13.7. The molecule has 0 saturated carbocycles. The second-order valence-corrected chi connectivity index (χ2v) is 4.80.